The minimum absolute atomic E-state index is 0.166. The summed E-state index contributed by atoms with van der Waals surface area (Å²) in [6.45, 7) is 8.43. The van der Waals surface area contributed by atoms with E-state index in [2.05, 4.69) is 15.4 Å². The van der Waals surface area contributed by atoms with E-state index in [1.165, 1.54) is 7.11 Å². The lowest BCUT2D eigenvalue weighted by atomic mass is 9.85. The Morgan fingerprint density at radius 3 is 2.54 bits per heavy atom. The maximum atomic E-state index is 12.4. The van der Waals surface area contributed by atoms with Gasteiger partial charge in [-0.2, -0.15) is 0 Å². The van der Waals surface area contributed by atoms with E-state index in [1.807, 2.05) is 13.8 Å². The minimum Gasteiger partial charge on any atom is -0.461 e. The van der Waals surface area contributed by atoms with Crippen molar-refractivity contribution in [3.63, 3.8) is 0 Å². The highest BCUT2D eigenvalue weighted by Gasteiger charge is 2.45. The molecule has 9 heteroatoms. The lowest BCUT2D eigenvalue weighted by Gasteiger charge is -2.44. The van der Waals surface area contributed by atoms with Gasteiger partial charge in [0.25, 0.3) is 0 Å². The van der Waals surface area contributed by atoms with Crippen LogP contribution in [0.25, 0.3) is 0 Å². The molecule has 1 heterocycles. The minimum atomic E-state index is -0.811. The van der Waals surface area contributed by atoms with Crippen LogP contribution in [-0.2, 0) is 23.8 Å². The second kappa shape index (κ2) is 10.0. The van der Waals surface area contributed by atoms with Crippen molar-refractivity contribution in [2.75, 3.05) is 26.8 Å². The van der Waals surface area contributed by atoms with E-state index in [0.717, 1.165) is 0 Å². The summed E-state index contributed by atoms with van der Waals surface area (Å²) in [5.74, 6) is -1.22. The number of rotatable bonds is 7. The molecule has 1 rings (SSSR count). The van der Waals surface area contributed by atoms with Gasteiger partial charge in [0.15, 0.2) is 5.79 Å². The number of methoxy groups -OCH3 is 1. The fourth-order valence-corrected chi connectivity index (χ4v) is 2.78. The highest BCUT2D eigenvalue weighted by atomic mass is 32.1. The third-order valence-electron chi connectivity index (χ3n) is 3.76. The van der Waals surface area contributed by atoms with E-state index < -0.39 is 17.3 Å². The van der Waals surface area contributed by atoms with Gasteiger partial charge in [-0.15, -0.1) is 0 Å². The van der Waals surface area contributed by atoms with Gasteiger partial charge in [-0.1, -0.05) is 30.6 Å². The monoisotopic (exact) mass is 390 g/mol. The molecule has 1 aliphatic rings. The number of amides is 2. The number of ether oxygens (including phenoxy) is 3. The van der Waals surface area contributed by atoms with Crippen LogP contribution >= 0.6 is 11.4 Å². The fourth-order valence-electron chi connectivity index (χ4n) is 2.27. The summed E-state index contributed by atoms with van der Waals surface area (Å²) in [4.78, 5) is 35.1. The third kappa shape index (κ3) is 7.84. The predicted molar refractivity (Wildman–Crippen MR) is 101 cm³/mol. The van der Waals surface area contributed by atoms with Gasteiger partial charge in [0.2, 0.25) is 11.8 Å². The molecule has 0 spiro atoms. The van der Waals surface area contributed by atoms with E-state index >= 15 is 0 Å². The topological polar surface area (TPSA) is 103 Å². The van der Waals surface area contributed by atoms with Crippen LogP contribution in [-0.4, -0.2) is 61.2 Å². The van der Waals surface area contributed by atoms with Crippen LogP contribution in [0.15, 0.2) is 0 Å². The van der Waals surface area contributed by atoms with Gasteiger partial charge in [0, 0.05) is 24.9 Å². The largest absolute Gasteiger partial charge is 0.461 e. The summed E-state index contributed by atoms with van der Waals surface area (Å²) in [5, 5.41) is 6.87. The standard InChI is InChI=1S/C17H30N2O6S/c1-16(2)11-24-17(3,4)25-13(16)14(21)19-9-7-12(20)18-8-6-10-26-15(22)23-5/h10,13,26H,6-9,11H2,1-5H3,(H,18,20)(H,19,21)/t13-/m0/s1. The molecule has 0 unspecified atom stereocenters. The summed E-state index contributed by atoms with van der Waals surface area (Å²) in [6, 6.07) is 0. The Labute approximate surface area is 158 Å². The molecule has 0 aromatic heterocycles. The molecular weight excluding hydrogens is 360 g/mol. The smallest absolute Gasteiger partial charge is 0.358 e. The molecule has 2 N–H and O–H groups in total. The average molecular weight is 391 g/mol. The van der Waals surface area contributed by atoms with Crippen molar-refractivity contribution in [2.45, 2.75) is 52.4 Å². The number of thiol groups is 1. The highest BCUT2D eigenvalue weighted by molar-refractivity contribution is 8.11. The molecule has 150 valence electrons. The molecule has 1 aliphatic heterocycles. The number of carbonyl (C=O) groups is 3. The maximum absolute atomic E-state index is 12.4. The molecule has 0 aliphatic carbocycles. The van der Waals surface area contributed by atoms with Gasteiger partial charge < -0.3 is 24.8 Å². The molecule has 0 radical (unpaired) electrons. The first-order chi connectivity index (χ1) is 12.1. The third-order valence-corrected chi connectivity index (χ3v) is 4.59. The van der Waals surface area contributed by atoms with Crippen molar-refractivity contribution in [3.8, 4) is 0 Å². The van der Waals surface area contributed by atoms with E-state index in [0.29, 0.717) is 30.9 Å². The van der Waals surface area contributed by atoms with Crippen LogP contribution in [0.1, 0.15) is 40.5 Å². The van der Waals surface area contributed by atoms with E-state index in [4.69, 9.17) is 9.47 Å². The zero-order chi connectivity index (χ0) is 19.8. The first-order valence-electron chi connectivity index (χ1n) is 8.54. The maximum Gasteiger partial charge on any atom is 0.358 e. The molecule has 1 atom stereocenters. The Bertz CT molecular complexity index is 547. The van der Waals surface area contributed by atoms with Crippen molar-refractivity contribution in [3.05, 3.63) is 0 Å². The predicted octanol–water partition coefficient (Wildman–Crippen LogP) is 1.21. The first kappa shape index (κ1) is 22.6. The summed E-state index contributed by atoms with van der Waals surface area (Å²) < 4.78 is 15.8. The zero-order valence-corrected chi connectivity index (χ0v) is 17.0. The van der Waals surface area contributed by atoms with E-state index in [-0.39, 0.29) is 30.1 Å². The van der Waals surface area contributed by atoms with Gasteiger partial charge in [0.05, 0.1) is 13.7 Å². The van der Waals surface area contributed by atoms with Gasteiger partial charge in [-0.05, 0) is 20.3 Å². The van der Waals surface area contributed by atoms with Crippen LogP contribution in [0.3, 0.4) is 0 Å². The Morgan fingerprint density at radius 1 is 1.19 bits per heavy atom. The normalized spacial score (nSPS) is 21.5. The number of carbonyl (C=O) groups excluding carboxylic acids is 3. The number of hydrogen-bond donors (Lipinski definition) is 3. The fraction of sp³-hybridized carbons (Fsp3) is 0.765. The molecule has 1 fully saturated rings. The van der Waals surface area contributed by atoms with Crippen LogP contribution < -0.4 is 10.6 Å². The van der Waals surface area contributed by atoms with Crippen LogP contribution in [0.4, 0.5) is 4.79 Å². The molecule has 2 amide bonds. The molecule has 0 aromatic carbocycles. The van der Waals surface area contributed by atoms with Crippen molar-refractivity contribution in [1.82, 2.24) is 10.6 Å². The lowest BCUT2D eigenvalue weighted by Crippen LogP contribution is -2.56. The van der Waals surface area contributed by atoms with Gasteiger partial charge in [0.1, 0.15) is 6.10 Å². The van der Waals surface area contributed by atoms with Gasteiger partial charge in [-0.25, -0.2) is 4.79 Å². The van der Waals surface area contributed by atoms with Crippen molar-refractivity contribution >= 4 is 33.8 Å². The molecule has 1 saturated heterocycles. The van der Waals surface area contributed by atoms with Crippen LogP contribution in [0.2, 0.25) is 0 Å². The Balaban J connectivity index is 2.29. The second-order valence-electron chi connectivity index (χ2n) is 7.14. The average Bonchev–Trinajstić information content (AvgIpc) is 2.56. The van der Waals surface area contributed by atoms with E-state index in [1.54, 1.807) is 19.2 Å². The van der Waals surface area contributed by atoms with E-state index in [9.17, 15) is 14.4 Å². The summed E-state index contributed by atoms with van der Waals surface area (Å²) >= 11 is 0.463. The zero-order valence-electron chi connectivity index (χ0n) is 16.1. The molecule has 26 heavy (non-hydrogen) atoms. The number of hydrogen-bond acceptors (Lipinski definition) is 6. The second-order valence-corrected chi connectivity index (χ2v) is 8.12. The van der Waals surface area contributed by atoms with Crippen LogP contribution in [0.5, 0.6) is 0 Å². The SMILES string of the molecule is COC(=O)[SH]=CCCNC(=O)CCNC(=O)[C@@H]1OC(C)(C)OCC1(C)C. The molecule has 0 bridgehead atoms. The van der Waals surface area contributed by atoms with Crippen LogP contribution in [0, 0.1) is 5.41 Å². The van der Waals surface area contributed by atoms with Crippen molar-refractivity contribution in [1.29, 1.82) is 0 Å². The molecule has 0 saturated carbocycles. The molecule has 8 nitrogen and oxygen atoms in total. The molecular formula is C17H30N2O6S. The highest BCUT2D eigenvalue weighted by Crippen LogP contribution is 2.34. The van der Waals surface area contributed by atoms with Gasteiger partial charge >= 0.3 is 5.30 Å². The first-order valence-corrected chi connectivity index (χ1v) is 9.50. The Hall–Kier alpha value is -1.45. The summed E-state index contributed by atoms with van der Waals surface area (Å²) in [7, 11) is 1.33. The summed E-state index contributed by atoms with van der Waals surface area (Å²) in [5.41, 5.74) is -0.448. The van der Waals surface area contributed by atoms with Crippen molar-refractivity contribution < 1.29 is 28.6 Å². The lowest BCUT2D eigenvalue weighted by molar-refractivity contribution is -0.304. The van der Waals surface area contributed by atoms with Gasteiger partial charge in [-0.3, -0.25) is 9.59 Å². The van der Waals surface area contributed by atoms with Crippen molar-refractivity contribution in [2.24, 2.45) is 5.41 Å². The Morgan fingerprint density at radius 2 is 1.88 bits per heavy atom. The number of nitrogens with one attached hydrogen (secondary N) is 2. The summed E-state index contributed by atoms with van der Waals surface area (Å²) in [6.07, 6.45) is 0.0998. The molecule has 0 aromatic rings. The Kier molecular flexibility index (Phi) is 8.72. The quantitative estimate of drug-likeness (QED) is 0.261.